The third kappa shape index (κ3) is 23.6. The molecule has 0 heterocycles. The normalized spacial score (nSPS) is 11.8. The van der Waals surface area contributed by atoms with Crippen LogP contribution in [0.25, 0.3) is 0 Å². The first-order valence-electron chi connectivity index (χ1n) is 13.0. The van der Waals surface area contributed by atoms with Crippen molar-refractivity contribution in [1.29, 1.82) is 0 Å². The molecule has 0 aromatic rings. The van der Waals surface area contributed by atoms with Gasteiger partial charge in [0.15, 0.2) is 0 Å². The summed E-state index contributed by atoms with van der Waals surface area (Å²) in [5.74, 6) is -1.46. The Morgan fingerprint density at radius 1 is 0.649 bits per heavy atom. The third-order valence-corrected chi connectivity index (χ3v) is 5.39. The number of carbonyl (C=O) groups excluding carboxylic acids is 5. The molecule has 0 fully saturated rings. The maximum absolute atomic E-state index is 12.4. The summed E-state index contributed by atoms with van der Waals surface area (Å²) in [5.41, 5.74) is 0. The standard InChI is InChI=1S/C26H46N2O9/c1-21(29)12-10-8-6-7-9-11-13-24(37-26(33)19-28(5)15-17-35-23(3)31)20-36-25(32)18-27(4)14-16-34-22(2)30/h24H,6-20H2,1-5H3. The molecule has 0 amide bonds. The Morgan fingerprint density at radius 3 is 1.65 bits per heavy atom. The second-order valence-corrected chi connectivity index (χ2v) is 9.31. The van der Waals surface area contributed by atoms with E-state index in [0.29, 0.717) is 25.9 Å². The number of rotatable bonds is 22. The molecule has 37 heavy (non-hydrogen) atoms. The molecule has 0 N–H and O–H groups in total. The van der Waals surface area contributed by atoms with Gasteiger partial charge in [-0.2, -0.15) is 0 Å². The van der Waals surface area contributed by atoms with E-state index in [1.54, 1.807) is 30.8 Å². The number of carbonyl (C=O) groups is 5. The van der Waals surface area contributed by atoms with Crippen LogP contribution in [0.5, 0.6) is 0 Å². The fourth-order valence-electron chi connectivity index (χ4n) is 3.37. The zero-order valence-electron chi connectivity index (χ0n) is 23.3. The monoisotopic (exact) mass is 530 g/mol. The summed E-state index contributed by atoms with van der Waals surface area (Å²) < 4.78 is 20.7. The fourth-order valence-corrected chi connectivity index (χ4v) is 3.37. The van der Waals surface area contributed by atoms with E-state index in [9.17, 15) is 24.0 Å². The Kier molecular flexibility index (Phi) is 20.1. The summed E-state index contributed by atoms with van der Waals surface area (Å²) in [6.07, 6.45) is 6.36. The number of Topliss-reactive ketones (excluding diaryl/α,β-unsaturated/α-hetero) is 1. The summed E-state index contributed by atoms with van der Waals surface area (Å²) in [7, 11) is 3.43. The van der Waals surface area contributed by atoms with Crippen molar-refractivity contribution in [3.63, 3.8) is 0 Å². The molecule has 0 saturated carbocycles. The molecular formula is C26H46N2O9. The van der Waals surface area contributed by atoms with Crippen LogP contribution in [-0.2, 0) is 42.9 Å². The van der Waals surface area contributed by atoms with Gasteiger partial charge in [-0.05, 0) is 40.3 Å². The highest BCUT2D eigenvalue weighted by molar-refractivity contribution is 5.75. The maximum atomic E-state index is 12.4. The topological polar surface area (TPSA) is 129 Å². The molecule has 1 atom stereocenters. The van der Waals surface area contributed by atoms with Gasteiger partial charge in [-0.15, -0.1) is 0 Å². The number of esters is 4. The molecule has 0 aliphatic rings. The Morgan fingerprint density at radius 2 is 1.14 bits per heavy atom. The zero-order chi connectivity index (χ0) is 28.1. The number of ketones is 1. The first-order valence-corrected chi connectivity index (χ1v) is 13.0. The van der Waals surface area contributed by atoms with Crippen molar-refractivity contribution in [2.45, 2.75) is 78.2 Å². The van der Waals surface area contributed by atoms with E-state index in [-0.39, 0.29) is 50.6 Å². The van der Waals surface area contributed by atoms with Crippen LogP contribution >= 0.6 is 0 Å². The lowest BCUT2D eigenvalue weighted by Gasteiger charge is -2.21. The molecule has 0 aromatic heterocycles. The Balaban J connectivity index is 4.55. The van der Waals surface area contributed by atoms with Crippen molar-refractivity contribution in [2.75, 3.05) is 60.1 Å². The van der Waals surface area contributed by atoms with E-state index >= 15 is 0 Å². The van der Waals surface area contributed by atoms with E-state index in [4.69, 9.17) is 18.9 Å². The first-order chi connectivity index (χ1) is 17.5. The minimum atomic E-state index is -0.567. The summed E-state index contributed by atoms with van der Waals surface area (Å²) >= 11 is 0. The van der Waals surface area contributed by atoms with Gasteiger partial charge in [0.05, 0.1) is 13.1 Å². The molecule has 0 aliphatic carbocycles. The van der Waals surface area contributed by atoms with E-state index in [1.165, 1.54) is 13.8 Å². The summed E-state index contributed by atoms with van der Waals surface area (Å²) in [5, 5.41) is 0. The van der Waals surface area contributed by atoms with Crippen LogP contribution in [0.1, 0.15) is 72.1 Å². The Bertz CT molecular complexity index is 700. The smallest absolute Gasteiger partial charge is 0.320 e. The van der Waals surface area contributed by atoms with Gasteiger partial charge in [-0.3, -0.25) is 29.0 Å². The molecule has 0 bridgehead atoms. The minimum absolute atomic E-state index is 0.0146. The molecule has 0 radical (unpaired) electrons. The Labute approximate surface area is 221 Å². The lowest BCUT2D eigenvalue weighted by atomic mass is 10.1. The number of hydrogen-bond acceptors (Lipinski definition) is 11. The van der Waals surface area contributed by atoms with Crippen molar-refractivity contribution < 1.29 is 42.9 Å². The largest absolute Gasteiger partial charge is 0.465 e. The van der Waals surface area contributed by atoms with Gasteiger partial charge in [-0.1, -0.05) is 25.7 Å². The maximum Gasteiger partial charge on any atom is 0.320 e. The number of nitrogens with zero attached hydrogens (tertiary/aromatic N) is 2. The van der Waals surface area contributed by atoms with Gasteiger partial charge in [0, 0.05) is 33.4 Å². The predicted molar refractivity (Wildman–Crippen MR) is 137 cm³/mol. The average molecular weight is 531 g/mol. The molecule has 11 nitrogen and oxygen atoms in total. The van der Waals surface area contributed by atoms with Gasteiger partial charge >= 0.3 is 23.9 Å². The van der Waals surface area contributed by atoms with E-state index in [0.717, 1.165) is 38.5 Å². The van der Waals surface area contributed by atoms with Gasteiger partial charge in [0.2, 0.25) is 0 Å². The lowest BCUT2D eigenvalue weighted by Crippen LogP contribution is -2.35. The Hall–Kier alpha value is -2.53. The number of ether oxygens (including phenoxy) is 4. The highest BCUT2D eigenvalue weighted by Gasteiger charge is 2.19. The quantitative estimate of drug-likeness (QED) is 0.116. The minimum Gasteiger partial charge on any atom is -0.465 e. The predicted octanol–water partition coefficient (Wildman–Crippen LogP) is 2.14. The first kappa shape index (κ1) is 34.5. The van der Waals surface area contributed by atoms with Crippen LogP contribution in [0, 0.1) is 0 Å². The summed E-state index contributed by atoms with van der Waals surface area (Å²) in [4.78, 5) is 60.8. The lowest BCUT2D eigenvalue weighted by molar-refractivity contribution is -0.160. The zero-order valence-corrected chi connectivity index (χ0v) is 23.3. The third-order valence-electron chi connectivity index (χ3n) is 5.39. The van der Waals surface area contributed by atoms with E-state index < -0.39 is 18.0 Å². The van der Waals surface area contributed by atoms with Crippen LogP contribution in [0.4, 0.5) is 0 Å². The van der Waals surface area contributed by atoms with Crippen LogP contribution in [0.2, 0.25) is 0 Å². The van der Waals surface area contributed by atoms with Crippen molar-refractivity contribution in [1.82, 2.24) is 9.80 Å². The second kappa shape index (κ2) is 21.5. The molecular weight excluding hydrogens is 484 g/mol. The van der Waals surface area contributed by atoms with Crippen LogP contribution in [0.3, 0.4) is 0 Å². The molecule has 0 saturated heterocycles. The molecule has 0 aliphatic heterocycles. The van der Waals surface area contributed by atoms with Crippen LogP contribution in [0.15, 0.2) is 0 Å². The number of hydrogen-bond donors (Lipinski definition) is 0. The molecule has 11 heteroatoms. The number of unbranched alkanes of at least 4 members (excludes halogenated alkanes) is 5. The van der Waals surface area contributed by atoms with Gasteiger partial charge in [0.25, 0.3) is 0 Å². The molecule has 0 spiro atoms. The van der Waals surface area contributed by atoms with Gasteiger partial charge < -0.3 is 23.7 Å². The van der Waals surface area contributed by atoms with Crippen LogP contribution in [-0.4, -0.2) is 106 Å². The van der Waals surface area contributed by atoms with Gasteiger partial charge in [0.1, 0.15) is 31.7 Å². The van der Waals surface area contributed by atoms with Crippen molar-refractivity contribution in [2.24, 2.45) is 0 Å². The van der Waals surface area contributed by atoms with E-state index in [2.05, 4.69) is 0 Å². The average Bonchev–Trinajstić information content (AvgIpc) is 2.78. The van der Waals surface area contributed by atoms with Crippen molar-refractivity contribution >= 4 is 29.7 Å². The second-order valence-electron chi connectivity index (χ2n) is 9.31. The van der Waals surface area contributed by atoms with E-state index in [1.807, 2.05) is 0 Å². The highest BCUT2D eigenvalue weighted by Crippen LogP contribution is 2.12. The number of likely N-dealkylation sites (N-methyl/N-ethyl adjacent to an activating group) is 2. The fraction of sp³-hybridized carbons (Fsp3) is 0.808. The van der Waals surface area contributed by atoms with Crippen molar-refractivity contribution in [3.8, 4) is 0 Å². The summed E-state index contributed by atoms with van der Waals surface area (Å²) in [6, 6.07) is 0. The molecule has 0 aromatic carbocycles. The van der Waals surface area contributed by atoms with Crippen LogP contribution < -0.4 is 0 Å². The SMILES string of the molecule is CC(=O)CCCCCCCCC(COC(=O)CN(C)CCOC(C)=O)OC(=O)CN(C)CCOC(C)=O. The van der Waals surface area contributed by atoms with Gasteiger partial charge in [-0.25, -0.2) is 0 Å². The highest BCUT2D eigenvalue weighted by atomic mass is 16.6. The molecule has 0 rings (SSSR count). The van der Waals surface area contributed by atoms with Crippen molar-refractivity contribution in [3.05, 3.63) is 0 Å². The molecule has 1 unspecified atom stereocenters. The summed E-state index contributed by atoms with van der Waals surface area (Å²) in [6.45, 7) is 5.37. The molecule has 214 valence electrons.